The third-order valence-corrected chi connectivity index (χ3v) is 6.63. The molecule has 33 heavy (non-hydrogen) atoms. The van der Waals surface area contributed by atoms with Gasteiger partial charge in [-0.2, -0.15) is 0 Å². The summed E-state index contributed by atoms with van der Waals surface area (Å²) in [6.07, 6.45) is 3.67. The summed E-state index contributed by atoms with van der Waals surface area (Å²) >= 11 is 1.09. The minimum atomic E-state index is -0.732. The fourth-order valence-corrected chi connectivity index (χ4v) is 4.22. The van der Waals surface area contributed by atoms with Crippen molar-refractivity contribution in [1.29, 1.82) is 0 Å². The maximum Gasteiger partial charge on any atom is 0.300 e. The van der Waals surface area contributed by atoms with Crippen molar-refractivity contribution >= 4 is 29.0 Å². The molecule has 0 aliphatic carbocycles. The van der Waals surface area contributed by atoms with Gasteiger partial charge in [0.25, 0.3) is 0 Å². The second-order valence-electron chi connectivity index (χ2n) is 7.55. The molecule has 4 aromatic rings. The predicted molar refractivity (Wildman–Crippen MR) is 123 cm³/mol. The van der Waals surface area contributed by atoms with E-state index in [0.29, 0.717) is 17.3 Å². The molecule has 0 fully saturated rings. The molecule has 2 aromatic carbocycles. The van der Waals surface area contributed by atoms with Crippen molar-refractivity contribution in [2.75, 3.05) is 5.32 Å². The summed E-state index contributed by atoms with van der Waals surface area (Å²) in [5, 5.41) is 10.2. The normalized spacial score (nSPS) is 12.2. The number of carbonyl (C=O) groups is 1. The molecule has 0 unspecified atom stereocenters. The molecule has 1 atom stereocenters. The monoisotopic (exact) mass is 469 g/mol. The molecule has 1 N–H and O–H groups in total. The van der Waals surface area contributed by atoms with Gasteiger partial charge in [0, 0.05) is 24.1 Å². The quantitative estimate of drug-likeness (QED) is 0.426. The van der Waals surface area contributed by atoms with E-state index in [1.54, 1.807) is 19.3 Å². The number of carbonyl (C=O) groups excluding carboxylic acids is 1. The average Bonchev–Trinajstić information content (AvgIpc) is 3.20. The number of nitrogens with one attached hydrogen (secondary N) is 1. The number of rotatable bonds is 6. The number of thioether (sulfide) groups is 1. The zero-order chi connectivity index (χ0) is 23.7. The average molecular weight is 470 g/mol. The van der Waals surface area contributed by atoms with E-state index in [-0.39, 0.29) is 16.9 Å². The van der Waals surface area contributed by atoms with Crippen molar-refractivity contribution in [2.45, 2.75) is 37.6 Å². The van der Waals surface area contributed by atoms with Gasteiger partial charge in [-0.25, -0.2) is 8.78 Å². The molecule has 7 nitrogen and oxygen atoms in total. The van der Waals surface area contributed by atoms with Gasteiger partial charge >= 0.3 is 5.56 Å². The van der Waals surface area contributed by atoms with Crippen LogP contribution in [0.15, 0.2) is 58.7 Å². The van der Waals surface area contributed by atoms with Crippen LogP contribution in [0.3, 0.4) is 0 Å². The Hall–Kier alpha value is -3.53. The SMILES string of the molecule is CC[C@@H](Sc1nnc2c(=O)n(-c3ccc(C)c(C)c3)ccn12)C(=O)Nc1cc(F)ccc1F. The molecule has 0 aliphatic rings. The van der Waals surface area contributed by atoms with Crippen LogP contribution in [0.25, 0.3) is 11.3 Å². The van der Waals surface area contributed by atoms with Crippen LogP contribution >= 0.6 is 11.8 Å². The largest absolute Gasteiger partial charge is 0.323 e. The van der Waals surface area contributed by atoms with Crippen LogP contribution < -0.4 is 10.9 Å². The van der Waals surface area contributed by atoms with E-state index < -0.39 is 22.8 Å². The van der Waals surface area contributed by atoms with Crippen LogP contribution in [0.4, 0.5) is 14.5 Å². The summed E-state index contributed by atoms with van der Waals surface area (Å²) in [5.74, 6) is -1.90. The molecule has 4 rings (SSSR count). The molecule has 2 aromatic heterocycles. The number of benzene rings is 2. The Morgan fingerprint density at radius 3 is 2.61 bits per heavy atom. The Morgan fingerprint density at radius 2 is 1.88 bits per heavy atom. The molecular weight excluding hydrogens is 448 g/mol. The number of nitrogens with zero attached hydrogens (tertiary/aromatic N) is 4. The number of aryl methyl sites for hydroxylation is 2. The zero-order valence-electron chi connectivity index (χ0n) is 18.2. The third-order valence-electron chi connectivity index (χ3n) is 5.31. The van der Waals surface area contributed by atoms with Crippen LogP contribution in [0.1, 0.15) is 24.5 Å². The maximum absolute atomic E-state index is 13.9. The van der Waals surface area contributed by atoms with Gasteiger partial charge in [-0.3, -0.25) is 18.6 Å². The van der Waals surface area contributed by atoms with Crippen molar-refractivity contribution in [3.63, 3.8) is 0 Å². The maximum atomic E-state index is 13.9. The molecule has 10 heteroatoms. The van der Waals surface area contributed by atoms with E-state index in [2.05, 4.69) is 15.5 Å². The number of hydrogen-bond donors (Lipinski definition) is 1. The summed E-state index contributed by atoms with van der Waals surface area (Å²) in [5.41, 5.74) is 2.43. The first kappa shape index (κ1) is 22.7. The lowest BCUT2D eigenvalue weighted by Gasteiger charge is -2.14. The predicted octanol–water partition coefficient (Wildman–Crippen LogP) is 4.28. The lowest BCUT2D eigenvalue weighted by Crippen LogP contribution is -2.25. The topological polar surface area (TPSA) is 81.3 Å². The fourth-order valence-electron chi connectivity index (χ4n) is 3.28. The Morgan fingerprint density at radius 1 is 1.09 bits per heavy atom. The first-order valence-corrected chi connectivity index (χ1v) is 11.1. The van der Waals surface area contributed by atoms with E-state index in [1.165, 1.54) is 8.97 Å². The van der Waals surface area contributed by atoms with Crippen LogP contribution in [0.5, 0.6) is 0 Å². The first-order chi connectivity index (χ1) is 15.8. The smallest absolute Gasteiger partial charge is 0.300 e. The van der Waals surface area contributed by atoms with Crippen LogP contribution in [0, 0.1) is 25.5 Å². The van der Waals surface area contributed by atoms with Crippen molar-refractivity contribution in [2.24, 2.45) is 0 Å². The van der Waals surface area contributed by atoms with Gasteiger partial charge in [0.05, 0.1) is 10.9 Å². The third kappa shape index (κ3) is 4.51. The molecule has 1 amide bonds. The second-order valence-corrected chi connectivity index (χ2v) is 8.72. The first-order valence-electron chi connectivity index (χ1n) is 10.2. The number of aromatic nitrogens is 4. The van der Waals surface area contributed by atoms with E-state index in [4.69, 9.17) is 0 Å². The van der Waals surface area contributed by atoms with Crippen LogP contribution in [0.2, 0.25) is 0 Å². The Balaban J connectivity index is 1.61. The molecule has 170 valence electrons. The van der Waals surface area contributed by atoms with Gasteiger partial charge in [-0.05, 0) is 55.7 Å². The number of fused-ring (bicyclic) bond motifs is 1. The lowest BCUT2D eigenvalue weighted by molar-refractivity contribution is -0.115. The number of amides is 1. The van der Waals surface area contributed by atoms with E-state index in [0.717, 1.165) is 41.1 Å². The van der Waals surface area contributed by atoms with Crippen molar-refractivity contribution in [1.82, 2.24) is 19.2 Å². The van der Waals surface area contributed by atoms with Gasteiger partial charge in [-0.1, -0.05) is 24.8 Å². The summed E-state index contributed by atoms with van der Waals surface area (Å²) in [4.78, 5) is 25.7. The standard InChI is InChI=1S/C23H21F2N5O2S/c1-4-19(21(31)26-18-12-15(24)6-8-17(18)25)33-23-28-27-20-22(32)29(9-10-30(20)23)16-7-5-13(2)14(3)11-16/h5-12,19H,4H2,1-3H3,(H,26,31)/t19-/m1/s1. The van der Waals surface area contributed by atoms with E-state index in [9.17, 15) is 18.4 Å². The zero-order valence-corrected chi connectivity index (χ0v) is 19.0. The highest BCUT2D eigenvalue weighted by molar-refractivity contribution is 8.00. The highest BCUT2D eigenvalue weighted by atomic mass is 32.2. The molecule has 0 bridgehead atoms. The van der Waals surface area contributed by atoms with Crippen molar-refractivity contribution in [3.8, 4) is 5.69 Å². The Labute approximate surface area is 192 Å². The highest BCUT2D eigenvalue weighted by Crippen LogP contribution is 2.26. The van der Waals surface area contributed by atoms with Gasteiger partial charge in [0.15, 0.2) is 5.16 Å². The summed E-state index contributed by atoms with van der Waals surface area (Å²) < 4.78 is 30.3. The minimum absolute atomic E-state index is 0.115. The lowest BCUT2D eigenvalue weighted by atomic mass is 10.1. The van der Waals surface area contributed by atoms with Gasteiger partial charge in [0.1, 0.15) is 11.6 Å². The van der Waals surface area contributed by atoms with Crippen LogP contribution in [-0.2, 0) is 4.79 Å². The number of halogens is 2. The fraction of sp³-hybridized carbons (Fsp3) is 0.217. The Bertz CT molecular complexity index is 1420. The van der Waals surface area contributed by atoms with Gasteiger partial charge < -0.3 is 5.32 Å². The molecular formula is C23H21F2N5O2S. The van der Waals surface area contributed by atoms with Gasteiger partial charge in [0.2, 0.25) is 11.6 Å². The molecule has 0 saturated carbocycles. The van der Waals surface area contributed by atoms with Gasteiger partial charge in [-0.15, -0.1) is 10.2 Å². The van der Waals surface area contributed by atoms with Crippen molar-refractivity contribution in [3.05, 3.63) is 81.9 Å². The summed E-state index contributed by atoms with van der Waals surface area (Å²) in [7, 11) is 0. The molecule has 0 spiro atoms. The molecule has 0 aliphatic heterocycles. The van der Waals surface area contributed by atoms with Crippen LogP contribution in [-0.4, -0.2) is 30.3 Å². The number of anilines is 1. The molecule has 0 radical (unpaired) electrons. The number of hydrogen-bond acceptors (Lipinski definition) is 5. The molecule has 2 heterocycles. The molecule has 0 saturated heterocycles. The minimum Gasteiger partial charge on any atom is -0.323 e. The highest BCUT2D eigenvalue weighted by Gasteiger charge is 2.23. The van der Waals surface area contributed by atoms with E-state index in [1.807, 2.05) is 32.0 Å². The summed E-state index contributed by atoms with van der Waals surface area (Å²) in [6.45, 7) is 5.76. The van der Waals surface area contributed by atoms with E-state index >= 15 is 0 Å². The van der Waals surface area contributed by atoms with Crippen molar-refractivity contribution < 1.29 is 13.6 Å². The Kier molecular flexibility index (Phi) is 6.28. The second kappa shape index (κ2) is 9.14. The summed E-state index contributed by atoms with van der Waals surface area (Å²) in [6, 6.07) is 8.57.